The highest BCUT2D eigenvalue weighted by molar-refractivity contribution is 6.31. The number of halogens is 2. The van der Waals surface area contributed by atoms with Gasteiger partial charge in [0.05, 0.1) is 24.9 Å². The van der Waals surface area contributed by atoms with Crippen molar-refractivity contribution in [3.63, 3.8) is 0 Å². The summed E-state index contributed by atoms with van der Waals surface area (Å²) in [7, 11) is 0. The van der Waals surface area contributed by atoms with E-state index < -0.39 is 6.10 Å². The average Bonchev–Trinajstić information content (AvgIpc) is 2.58. The van der Waals surface area contributed by atoms with Gasteiger partial charge in [-0.25, -0.2) is 4.39 Å². The van der Waals surface area contributed by atoms with Gasteiger partial charge in [-0.1, -0.05) is 35.9 Å². The Bertz CT molecular complexity index is 750. The minimum Gasteiger partial charge on any atom is -0.394 e. The molecule has 1 fully saturated rings. The smallest absolute Gasteiger partial charge is 0.126 e. The maximum atomic E-state index is 14.1. The van der Waals surface area contributed by atoms with Gasteiger partial charge >= 0.3 is 0 Å². The van der Waals surface area contributed by atoms with Crippen LogP contribution in [0.4, 0.5) is 4.39 Å². The third-order valence-electron chi connectivity index (χ3n) is 4.61. The quantitative estimate of drug-likeness (QED) is 0.863. The second-order valence-corrected chi connectivity index (χ2v) is 7.08. The van der Waals surface area contributed by atoms with Gasteiger partial charge in [0.25, 0.3) is 0 Å². The Labute approximate surface area is 152 Å². The number of aryl methyl sites for hydroxylation is 1. The van der Waals surface area contributed by atoms with Crippen LogP contribution in [0.15, 0.2) is 36.4 Å². The molecule has 0 radical (unpaired) electrons. The van der Waals surface area contributed by atoms with Gasteiger partial charge in [0.1, 0.15) is 5.82 Å². The molecule has 0 bridgehead atoms. The molecule has 2 aromatic carbocycles. The number of aliphatic hydroxyl groups excluding tert-OH is 2. The molecule has 2 N–H and O–H groups in total. The highest BCUT2D eigenvalue weighted by Crippen LogP contribution is 2.33. The van der Waals surface area contributed by atoms with Crippen molar-refractivity contribution < 1.29 is 19.3 Å². The summed E-state index contributed by atoms with van der Waals surface area (Å²) < 4.78 is 20.0. The summed E-state index contributed by atoms with van der Waals surface area (Å²) in [6.45, 7) is 1.73. The second kappa shape index (κ2) is 7.83. The van der Waals surface area contributed by atoms with Crippen LogP contribution in [0.3, 0.4) is 0 Å². The first-order valence-electron chi connectivity index (χ1n) is 8.44. The molecule has 3 atom stereocenters. The summed E-state index contributed by atoms with van der Waals surface area (Å²) in [5, 5.41) is 19.9. The molecule has 1 aliphatic rings. The van der Waals surface area contributed by atoms with Crippen LogP contribution in [0.25, 0.3) is 0 Å². The Morgan fingerprint density at radius 2 is 1.96 bits per heavy atom. The monoisotopic (exact) mass is 364 g/mol. The lowest BCUT2D eigenvalue weighted by molar-refractivity contribution is -0.113. The lowest BCUT2D eigenvalue weighted by Crippen LogP contribution is -2.33. The largest absolute Gasteiger partial charge is 0.394 e. The molecule has 1 saturated heterocycles. The maximum absolute atomic E-state index is 14.1. The van der Waals surface area contributed by atoms with Crippen LogP contribution in [-0.2, 0) is 11.2 Å². The molecule has 0 aromatic heterocycles. The van der Waals surface area contributed by atoms with Gasteiger partial charge in [0.15, 0.2) is 0 Å². The first-order chi connectivity index (χ1) is 12.0. The molecule has 1 heterocycles. The maximum Gasteiger partial charge on any atom is 0.126 e. The van der Waals surface area contributed by atoms with Crippen LogP contribution in [-0.4, -0.2) is 29.0 Å². The van der Waals surface area contributed by atoms with Crippen molar-refractivity contribution in [2.75, 3.05) is 6.61 Å². The summed E-state index contributed by atoms with van der Waals surface area (Å²) in [4.78, 5) is 0. The Morgan fingerprint density at radius 1 is 1.16 bits per heavy atom. The van der Waals surface area contributed by atoms with Gasteiger partial charge < -0.3 is 14.9 Å². The van der Waals surface area contributed by atoms with E-state index in [9.17, 15) is 14.6 Å². The summed E-state index contributed by atoms with van der Waals surface area (Å²) in [6, 6.07) is 10.7. The predicted octanol–water partition coefficient (Wildman–Crippen LogP) is 3.95. The van der Waals surface area contributed by atoms with E-state index in [1.165, 1.54) is 6.07 Å². The molecule has 0 spiro atoms. The third kappa shape index (κ3) is 4.39. The van der Waals surface area contributed by atoms with Gasteiger partial charge in [-0.15, -0.1) is 0 Å². The number of ether oxygens (including phenoxy) is 1. The van der Waals surface area contributed by atoms with Crippen LogP contribution in [0.1, 0.15) is 41.2 Å². The van der Waals surface area contributed by atoms with Gasteiger partial charge in [-0.3, -0.25) is 0 Å². The van der Waals surface area contributed by atoms with Gasteiger partial charge in [0.2, 0.25) is 0 Å². The number of rotatable bonds is 4. The Balaban J connectivity index is 1.85. The normalized spacial score (nSPS) is 23.6. The highest BCUT2D eigenvalue weighted by Gasteiger charge is 2.29. The number of hydrogen-bond donors (Lipinski definition) is 2. The van der Waals surface area contributed by atoms with E-state index in [1.54, 1.807) is 12.1 Å². The van der Waals surface area contributed by atoms with Gasteiger partial charge in [-0.2, -0.15) is 0 Å². The summed E-state index contributed by atoms with van der Waals surface area (Å²) >= 11 is 6.30. The predicted molar refractivity (Wildman–Crippen MR) is 95.3 cm³/mol. The molecular formula is C20H22ClFO3. The minimum absolute atomic E-state index is 0.122. The van der Waals surface area contributed by atoms with E-state index in [1.807, 2.05) is 25.1 Å². The van der Waals surface area contributed by atoms with Crippen LogP contribution in [0.5, 0.6) is 0 Å². The first kappa shape index (κ1) is 18.3. The van der Waals surface area contributed by atoms with E-state index in [4.69, 9.17) is 16.3 Å². The van der Waals surface area contributed by atoms with E-state index >= 15 is 0 Å². The number of aliphatic hydroxyl groups is 2. The zero-order valence-corrected chi connectivity index (χ0v) is 14.8. The number of benzene rings is 2. The lowest BCUT2D eigenvalue weighted by atomic mass is 9.94. The summed E-state index contributed by atoms with van der Waals surface area (Å²) in [6.07, 6.45) is 0.0995. The van der Waals surface area contributed by atoms with Crippen molar-refractivity contribution in [2.24, 2.45) is 0 Å². The van der Waals surface area contributed by atoms with Gasteiger partial charge in [-0.05, 0) is 41.3 Å². The fourth-order valence-electron chi connectivity index (χ4n) is 3.25. The Hall–Kier alpha value is -1.46. The molecule has 3 rings (SSSR count). The molecule has 0 amide bonds. The lowest BCUT2D eigenvalue weighted by Gasteiger charge is -2.32. The molecule has 134 valence electrons. The zero-order chi connectivity index (χ0) is 18.0. The van der Waals surface area contributed by atoms with Crippen LogP contribution in [0.2, 0.25) is 5.02 Å². The Morgan fingerprint density at radius 3 is 2.68 bits per heavy atom. The molecular weight excluding hydrogens is 343 g/mol. The molecule has 2 aromatic rings. The fourth-order valence-corrected chi connectivity index (χ4v) is 3.44. The van der Waals surface area contributed by atoms with E-state index in [2.05, 4.69) is 0 Å². The van der Waals surface area contributed by atoms with Crippen molar-refractivity contribution >= 4 is 11.6 Å². The minimum atomic E-state index is -0.510. The van der Waals surface area contributed by atoms with Crippen LogP contribution < -0.4 is 0 Å². The van der Waals surface area contributed by atoms with Crippen molar-refractivity contribution in [1.29, 1.82) is 0 Å². The molecule has 0 unspecified atom stereocenters. The zero-order valence-electron chi connectivity index (χ0n) is 14.1. The topological polar surface area (TPSA) is 49.7 Å². The SMILES string of the molecule is Cc1ccc(Cc2cc([C@H]3C[C@@H](O)C[C@@H](CO)O3)ccc2Cl)c(F)c1. The highest BCUT2D eigenvalue weighted by atomic mass is 35.5. The molecule has 1 aliphatic heterocycles. The third-order valence-corrected chi connectivity index (χ3v) is 4.98. The van der Waals surface area contributed by atoms with Crippen LogP contribution >= 0.6 is 11.6 Å². The van der Waals surface area contributed by atoms with E-state index in [0.29, 0.717) is 29.8 Å². The van der Waals surface area contributed by atoms with Crippen molar-refractivity contribution in [1.82, 2.24) is 0 Å². The number of hydrogen-bond acceptors (Lipinski definition) is 3. The molecule has 25 heavy (non-hydrogen) atoms. The molecule has 5 heteroatoms. The fraction of sp³-hybridized carbons (Fsp3) is 0.400. The average molecular weight is 365 g/mol. The summed E-state index contributed by atoms with van der Waals surface area (Å²) in [5.41, 5.74) is 3.15. The standard InChI is InChI=1S/C20H22ClFO3/c1-12-2-3-13(19(22)6-12)7-15-8-14(4-5-18(15)21)20-10-16(24)9-17(11-23)25-20/h2-6,8,16-17,20,23-24H,7,9-11H2,1H3/t16-,17-,20+/m0/s1. The Kier molecular flexibility index (Phi) is 5.74. The van der Waals surface area contributed by atoms with Crippen molar-refractivity contribution in [3.05, 3.63) is 69.5 Å². The molecule has 3 nitrogen and oxygen atoms in total. The summed E-state index contributed by atoms with van der Waals surface area (Å²) in [5.74, 6) is -0.244. The van der Waals surface area contributed by atoms with Crippen molar-refractivity contribution in [2.45, 2.75) is 44.5 Å². The van der Waals surface area contributed by atoms with E-state index in [-0.39, 0.29) is 24.6 Å². The van der Waals surface area contributed by atoms with E-state index in [0.717, 1.165) is 16.7 Å². The molecule has 0 aliphatic carbocycles. The van der Waals surface area contributed by atoms with Gasteiger partial charge in [0, 0.05) is 24.3 Å². The second-order valence-electron chi connectivity index (χ2n) is 6.68. The van der Waals surface area contributed by atoms with Crippen LogP contribution in [0, 0.1) is 12.7 Å². The molecule has 0 saturated carbocycles. The first-order valence-corrected chi connectivity index (χ1v) is 8.81. The van der Waals surface area contributed by atoms with Crippen molar-refractivity contribution in [3.8, 4) is 0 Å².